The van der Waals surface area contributed by atoms with Crippen LogP contribution in [0, 0.1) is 0 Å². The molecule has 1 atom stereocenters. The highest BCUT2D eigenvalue weighted by Crippen LogP contribution is 2.27. The van der Waals surface area contributed by atoms with Gasteiger partial charge in [0.05, 0.1) is 12.5 Å². The molecule has 2 aromatic rings. The van der Waals surface area contributed by atoms with Crippen LogP contribution in [0.15, 0.2) is 28.9 Å². The molecule has 0 fully saturated rings. The minimum Gasteiger partial charge on any atom is -0.393 e. The Bertz CT molecular complexity index is 595. The monoisotopic (exact) mass is 338 g/mol. The zero-order valence-corrected chi connectivity index (χ0v) is 13.0. The first-order valence-electron chi connectivity index (χ1n) is 6.81. The van der Waals surface area contributed by atoms with E-state index in [0.29, 0.717) is 25.8 Å². The molecule has 3 N–H and O–H groups in total. The third kappa shape index (κ3) is 3.61. The Labute approximate surface area is 126 Å². The standard InChI is InChI=1S/C15H19BrN2O2/c1-2-11(19)6-7-17-14(20)8-10-9-18-13-5-3-4-12(16)15(10)13/h3-5,9,11,18-19H,2,6-8H2,1H3,(H,17,20)/t11-/m0/s1. The molecule has 20 heavy (non-hydrogen) atoms. The molecule has 0 unspecified atom stereocenters. The molecule has 1 heterocycles. The van der Waals surface area contributed by atoms with Crippen molar-refractivity contribution in [2.75, 3.05) is 6.54 Å². The Kier molecular flexibility index (Phi) is 5.20. The van der Waals surface area contributed by atoms with Gasteiger partial charge in [0.25, 0.3) is 0 Å². The highest BCUT2D eigenvalue weighted by molar-refractivity contribution is 9.10. The number of nitrogens with one attached hydrogen (secondary N) is 2. The fraction of sp³-hybridized carbons (Fsp3) is 0.400. The van der Waals surface area contributed by atoms with Gasteiger partial charge in [-0.25, -0.2) is 0 Å². The van der Waals surface area contributed by atoms with Gasteiger partial charge in [0.1, 0.15) is 0 Å². The molecule has 1 aromatic heterocycles. The predicted molar refractivity (Wildman–Crippen MR) is 83.6 cm³/mol. The summed E-state index contributed by atoms with van der Waals surface area (Å²) in [5.74, 6) is -0.0232. The summed E-state index contributed by atoms with van der Waals surface area (Å²) in [5.41, 5.74) is 1.99. The van der Waals surface area contributed by atoms with E-state index in [4.69, 9.17) is 0 Å². The van der Waals surface area contributed by atoms with E-state index >= 15 is 0 Å². The molecule has 4 nitrogen and oxygen atoms in total. The second-order valence-electron chi connectivity index (χ2n) is 4.85. The van der Waals surface area contributed by atoms with E-state index in [1.807, 2.05) is 31.3 Å². The Morgan fingerprint density at radius 2 is 2.30 bits per heavy atom. The Morgan fingerprint density at radius 3 is 3.05 bits per heavy atom. The predicted octanol–water partition coefficient (Wildman–Crippen LogP) is 2.75. The SMILES string of the molecule is CC[C@H](O)CCNC(=O)Cc1c[nH]c2cccc(Br)c12. The van der Waals surface area contributed by atoms with Crippen LogP contribution in [0.25, 0.3) is 10.9 Å². The highest BCUT2D eigenvalue weighted by Gasteiger charge is 2.11. The summed E-state index contributed by atoms with van der Waals surface area (Å²) in [6, 6.07) is 5.91. The molecule has 0 aliphatic carbocycles. The van der Waals surface area contributed by atoms with Crippen molar-refractivity contribution < 1.29 is 9.90 Å². The first kappa shape index (κ1) is 15.1. The number of rotatable bonds is 6. The van der Waals surface area contributed by atoms with Gasteiger partial charge >= 0.3 is 0 Å². The fourth-order valence-electron chi connectivity index (χ4n) is 2.17. The average Bonchev–Trinajstić information content (AvgIpc) is 2.83. The number of H-pyrrole nitrogens is 1. The topological polar surface area (TPSA) is 65.1 Å². The molecule has 0 spiro atoms. The van der Waals surface area contributed by atoms with Crippen molar-refractivity contribution in [1.82, 2.24) is 10.3 Å². The van der Waals surface area contributed by atoms with Crippen LogP contribution in [-0.2, 0) is 11.2 Å². The number of halogens is 1. The molecule has 0 aliphatic heterocycles. The molecule has 108 valence electrons. The van der Waals surface area contributed by atoms with Crippen molar-refractivity contribution in [3.63, 3.8) is 0 Å². The summed E-state index contributed by atoms with van der Waals surface area (Å²) in [4.78, 5) is 15.1. The molecule has 0 aliphatic rings. The number of aromatic amines is 1. The summed E-state index contributed by atoms with van der Waals surface area (Å²) < 4.78 is 0.987. The van der Waals surface area contributed by atoms with Crippen LogP contribution in [0.2, 0.25) is 0 Å². The smallest absolute Gasteiger partial charge is 0.224 e. The van der Waals surface area contributed by atoms with Crippen molar-refractivity contribution in [3.8, 4) is 0 Å². The van der Waals surface area contributed by atoms with Gasteiger partial charge in [0.15, 0.2) is 0 Å². The Balaban J connectivity index is 1.96. The van der Waals surface area contributed by atoms with Crippen LogP contribution >= 0.6 is 15.9 Å². The van der Waals surface area contributed by atoms with Crippen molar-refractivity contribution in [3.05, 3.63) is 34.4 Å². The number of aromatic nitrogens is 1. The van der Waals surface area contributed by atoms with Gasteiger partial charge in [-0.15, -0.1) is 0 Å². The minimum atomic E-state index is -0.336. The van der Waals surface area contributed by atoms with E-state index < -0.39 is 0 Å². The van der Waals surface area contributed by atoms with Gasteiger partial charge in [-0.3, -0.25) is 4.79 Å². The summed E-state index contributed by atoms with van der Waals surface area (Å²) in [7, 11) is 0. The van der Waals surface area contributed by atoms with E-state index in [2.05, 4.69) is 26.2 Å². The maximum Gasteiger partial charge on any atom is 0.224 e. The summed E-state index contributed by atoms with van der Waals surface area (Å²) in [6.45, 7) is 2.44. The molecule has 0 bridgehead atoms. The average molecular weight is 339 g/mol. The molecule has 1 amide bonds. The van der Waals surface area contributed by atoms with E-state index in [0.717, 1.165) is 20.9 Å². The number of hydrogen-bond acceptors (Lipinski definition) is 2. The number of fused-ring (bicyclic) bond motifs is 1. The molecule has 5 heteroatoms. The number of carbonyl (C=O) groups is 1. The largest absolute Gasteiger partial charge is 0.393 e. The minimum absolute atomic E-state index is 0.0232. The third-order valence-corrected chi connectivity index (χ3v) is 4.02. The second kappa shape index (κ2) is 6.90. The van der Waals surface area contributed by atoms with Gasteiger partial charge in [0.2, 0.25) is 5.91 Å². The van der Waals surface area contributed by atoms with Crippen LogP contribution in [0.5, 0.6) is 0 Å². The number of carbonyl (C=O) groups excluding carboxylic acids is 1. The lowest BCUT2D eigenvalue weighted by molar-refractivity contribution is -0.120. The first-order valence-corrected chi connectivity index (χ1v) is 7.60. The zero-order chi connectivity index (χ0) is 14.5. The molecule has 0 saturated carbocycles. The number of hydrogen-bond donors (Lipinski definition) is 3. The van der Waals surface area contributed by atoms with Gasteiger partial charge in [-0.1, -0.05) is 28.9 Å². The van der Waals surface area contributed by atoms with Gasteiger partial charge in [0, 0.05) is 28.1 Å². The molecule has 0 saturated heterocycles. The van der Waals surface area contributed by atoms with Crippen LogP contribution in [0.3, 0.4) is 0 Å². The molecular weight excluding hydrogens is 320 g/mol. The van der Waals surface area contributed by atoms with E-state index in [1.54, 1.807) is 0 Å². The summed E-state index contributed by atoms with van der Waals surface area (Å²) >= 11 is 3.51. The van der Waals surface area contributed by atoms with Crippen LogP contribution < -0.4 is 5.32 Å². The summed E-state index contributed by atoms with van der Waals surface area (Å²) in [5, 5.41) is 13.3. The number of amides is 1. The van der Waals surface area contributed by atoms with Gasteiger partial charge in [-0.05, 0) is 30.5 Å². The second-order valence-corrected chi connectivity index (χ2v) is 5.71. The number of aliphatic hydroxyl groups excluding tert-OH is 1. The number of aliphatic hydroxyl groups is 1. The molecule has 2 rings (SSSR count). The van der Waals surface area contributed by atoms with E-state index in [1.165, 1.54) is 0 Å². The van der Waals surface area contributed by atoms with Crippen molar-refractivity contribution in [1.29, 1.82) is 0 Å². The normalized spacial score (nSPS) is 12.6. The van der Waals surface area contributed by atoms with Gasteiger partial charge < -0.3 is 15.4 Å². The zero-order valence-electron chi connectivity index (χ0n) is 11.4. The highest BCUT2D eigenvalue weighted by atomic mass is 79.9. The maximum absolute atomic E-state index is 11.9. The summed E-state index contributed by atoms with van der Waals surface area (Å²) in [6.07, 6.45) is 3.18. The lowest BCUT2D eigenvalue weighted by Gasteiger charge is -2.08. The maximum atomic E-state index is 11.9. The van der Waals surface area contributed by atoms with Crippen LogP contribution in [-0.4, -0.2) is 28.6 Å². The first-order chi connectivity index (χ1) is 9.61. The quantitative estimate of drug-likeness (QED) is 0.758. The van der Waals surface area contributed by atoms with Crippen LogP contribution in [0.1, 0.15) is 25.3 Å². The van der Waals surface area contributed by atoms with Crippen molar-refractivity contribution in [2.24, 2.45) is 0 Å². The fourth-order valence-corrected chi connectivity index (χ4v) is 2.79. The van der Waals surface area contributed by atoms with Crippen molar-refractivity contribution in [2.45, 2.75) is 32.3 Å². The van der Waals surface area contributed by atoms with E-state index in [9.17, 15) is 9.90 Å². The van der Waals surface area contributed by atoms with Crippen LogP contribution in [0.4, 0.5) is 0 Å². The third-order valence-electron chi connectivity index (χ3n) is 3.36. The Hall–Kier alpha value is -1.33. The lowest BCUT2D eigenvalue weighted by atomic mass is 10.1. The lowest BCUT2D eigenvalue weighted by Crippen LogP contribution is -2.28. The molecule has 0 radical (unpaired) electrons. The van der Waals surface area contributed by atoms with E-state index in [-0.39, 0.29) is 12.0 Å². The Morgan fingerprint density at radius 1 is 1.50 bits per heavy atom. The molecule has 1 aromatic carbocycles. The molecular formula is C15H19BrN2O2. The van der Waals surface area contributed by atoms with Crippen molar-refractivity contribution >= 4 is 32.7 Å². The number of benzene rings is 1. The van der Waals surface area contributed by atoms with Gasteiger partial charge in [-0.2, -0.15) is 0 Å².